The van der Waals surface area contributed by atoms with Crippen LogP contribution in [0.2, 0.25) is 0 Å². The quantitative estimate of drug-likeness (QED) is 0.243. The first-order valence-corrected chi connectivity index (χ1v) is 13.3. The molecule has 0 fully saturated rings. The van der Waals surface area contributed by atoms with E-state index in [1.165, 1.54) is 6.92 Å². The summed E-state index contributed by atoms with van der Waals surface area (Å²) >= 11 is 0. The van der Waals surface area contributed by atoms with Gasteiger partial charge in [-0.25, -0.2) is 0 Å². The van der Waals surface area contributed by atoms with Crippen LogP contribution in [0.15, 0.2) is 104 Å². The van der Waals surface area contributed by atoms with Crippen molar-refractivity contribution in [2.75, 3.05) is 0 Å². The summed E-state index contributed by atoms with van der Waals surface area (Å²) in [5.74, 6) is -0.244. The molecule has 39 heavy (non-hydrogen) atoms. The SMILES string of the molecule is C=C.CC(=O)O[C@H](C)c1ccccc1.CC(C)OC(C)C.CC(O)c1ccccc1.C[C@H](O)c1ccccc1. The normalized spacial score (nSPS) is 11.9. The van der Waals surface area contributed by atoms with E-state index >= 15 is 0 Å². The van der Waals surface area contributed by atoms with Crippen molar-refractivity contribution in [2.24, 2.45) is 0 Å². The fourth-order valence-electron chi connectivity index (χ4n) is 3.05. The van der Waals surface area contributed by atoms with E-state index in [2.05, 4.69) is 13.2 Å². The Bertz CT molecular complexity index is 890. The zero-order valence-corrected chi connectivity index (χ0v) is 25.1. The summed E-state index contributed by atoms with van der Waals surface area (Å²) < 4.78 is 10.2. The minimum atomic E-state index is -0.341. The highest BCUT2D eigenvalue weighted by Crippen LogP contribution is 2.15. The number of ether oxygens (including phenoxy) is 2. The first-order chi connectivity index (χ1) is 18.4. The maximum Gasteiger partial charge on any atom is 0.303 e. The van der Waals surface area contributed by atoms with Crippen LogP contribution in [0.1, 0.15) is 90.4 Å². The van der Waals surface area contributed by atoms with Gasteiger partial charge < -0.3 is 19.7 Å². The van der Waals surface area contributed by atoms with Gasteiger partial charge in [0.05, 0.1) is 24.4 Å². The Hall–Kier alpha value is -3.25. The van der Waals surface area contributed by atoms with Gasteiger partial charge in [-0.15, -0.1) is 13.2 Å². The van der Waals surface area contributed by atoms with Crippen LogP contribution in [0.4, 0.5) is 0 Å². The van der Waals surface area contributed by atoms with Gasteiger partial charge in [0.1, 0.15) is 6.10 Å². The molecule has 3 aromatic rings. The largest absolute Gasteiger partial charge is 0.458 e. The molecule has 0 heterocycles. The Labute approximate surface area is 237 Å². The van der Waals surface area contributed by atoms with Gasteiger partial charge in [0, 0.05) is 6.92 Å². The van der Waals surface area contributed by atoms with Gasteiger partial charge in [0.2, 0.25) is 0 Å². The Morgan fingerprint density at radius 3 is 1.05 bits per heavy atom. The van der Waals surface area contributed by atoms with E-state index in [9.17, 15) is 4.79 Å². The minimum Gasteiger partial charge on any atom is -0.458 e. The second-order valence-corrected chi connectivity index (χ2v) is 9.07. The molecule has 3 aromatic carbocycles. The number of rotatable bonds is 6. The Balaban J connectivity index is 0. The number of esters is 1. The number of aliphatic hydroxyl groups excluding tert-OH is 2. The first-order valence-electron chi connectivity index (χ1n) is 13.3. The third kappa shape index (κ3) is 22.4. The molecule has 0 aliphatic carbocycles. The number of benzene rings is 3. The number of hydrogen-bond donors (Lipinski definition) is 2. The van der Waals surface area contributed by atoms with E-state index in [1.54, 1.807) is 13.8 Å². The van der Waals surface area contributed by atoms with Gasteiger partial charge in [-0.05, 0) is 65.2 Å². The number of hydrogen-bond acceptors (Lipinski definition) is 5. The first kappa shape index (κ1) is 37.9. The van der Waals surface area contributed by atoms with Gasteiger partial charge in [-0.2, -0.15) is 0 Å². The van der Waals surface area contributed by atoms with E-state index in [0.717, 1.165) is 16.7 Å². The van der Waals surface area contributed by atoms with Crippen molar-refractivity contribution in [1.82, 2.24) is 0 Å². The molecule has 0 amide bonds. The van der Waals surface area contributed by atoms with Gasteiger partial charge in [0.15, 0.2) is 0 Å². The van der Waals surface area contributed by atoms with E-state index in [1.807, 2.05) is 126 Å². The van der Waals surface area contributed by atoms with Crippen molar-refractivity contribution >= 4 is 5.97 Å². The van der Waals surface area contributed by atoms with Crippen LogP contribution < -0.4 is 0 Å². The van der Waals surface area contributed by atoms with E-state index < -0.39 is 0 Å². The summed E-state index contributed by atoms with van der Waals surface area (Å²) in [4.78, 5) is 10.6. The molecule has 0 aromatic heterocycles. The molecule has 0 aliphatic rings. The van der Waals surface area contributed by atoms with Crippen molar-refractivity contribution in [3.05, 3.63) is 121 Å². The van der Waals surface area contributed by atoms with Crippen LogP contribution in [0.25, 0.3) is 0 Å². The summed E-state index contributed by atoms with van der Waals surface area (Å²) in [5, 5.41) is 18.0. The molecule has 0 radical (unpaired) electrons. The molecular weight excluding hydrogens is 488 g/mol. The summed E-state index contributed by atoms with van der Waals surface area (Å²) in [7, 11) is 0. The van der Waals surface area contributed by atoms with Crippen LogP contribution in [-0.2, 0) is 14.3 Å². The third-order valence-electron chi connectivity index (χ3n) is 4.72. The summed E-state index contributed by atoms with van der Waals surface area (Å²) in [6, 6.07) is 28.8. The van der Waals surface area contributed by atoms with Crippen molar-refractivity contribution in [2.45, 2.75) is 85.9 Å². The van der Waals surface area contributed by atoms with Crippen molar-refractivity contribution in [1.29, 1.82) is 0 Å². The fraction of sp³-hybridized carbons (Fsp3) is 0.382. The lowest BCUT2D eigenvalue weighted by molar-refractivity contribution is -0.145. The fourth-order valence-corrected chi connectivity index (χ4v) is 3.05. The van der Waals surface area contributed by atoms with Gasteiger partial charge in [0.25, 0.3) is 0 Å². The van der Waals surface area contributed by atoms with Gasteiger partial charge in [-0.1, -0.05) is 91.0 Å². The third-order valence-corrected chi connectivity index (χ3v) is 4.72. The molecule has 0 spiro atoms. The number of carbonyl (C=O) groups is 1. The molecule has 2 N–H and O–H groups in total. The van der Waals surface area contributed by atoms with Crippen molar-refractivity contribution < 1.29 is 24.5 Å². The number of carbonyl (C=O) groups excluding carboxylic acids is 1. The van der Waals surface area contributed by atoms with Crippen LogP contribution in [0, 0.1) is 0 Å². The van der Waals surface area contributed by atoms with Crippen LogP contribution in [0.3, 0.4) is 0 Å². The second-order valence-electron chi connectivity index (χ2n) is 9.07. The average Bonchev–Trinajstić information content (AvgIpc) is 2.91. The molecule has 216 valence electrons. The molecule has 1 unspecified atom stereocenters. The monoisotopic (exact) mass is 538 g/mol. The molecule has 0 saturated carbocycles. The lowest BCUT2D eigenvalue weighted by atomic mass is 10.1. The van der Waals surface area contributed by atoms with E-state index in [0.29, 0.717) is 12.2 Å². The molecule has 0 saturated heterocycles. The zero-order chi connectivity index (χ0) is 30.2. The number of aliphatic hydroxyl groups is 2. The topological polar surface area (TPSA) is 76.0 Å². The zero-order valence-electron chi connectivity index (χ0n) is 25.1. The highest BCUT2D eigenvalue weighted by atomic mass is 16.5. The summed E-state index contributed by atoms with van der Waals surface area (Å²) in [5.41, 5.74) is 2.96. The minimum absolute atomic E-state index is 0.149. The Morgan fingerprint density at radius 1 is 0.590 bits per heavy atom. The summed E-state index contributed by atoms with van der Waals surface area (Å²) in [6.45, 7) is 21.0. The molecule has 5 heteroatoms. The average molecular weight is 539 g/mol. The molecular formula is C34H50O5. The maximum atomic E-state index is 10.6. The van der Waals surface area contributed by atoms with Crippen molar-refractivity contribution in [3.63, 3.8) is 0 Å². The van der Waals surface area contributed by atoms with Crippen LogP contribution >= 0.6 is 0 Å². The van der Waals surface area contributed by atoms with Crippen molar-refractivity contribution in [3.8, 4) is 0 Å². The Morgan fingerprint density at radius 2 is 0.872 bits per heavy atom. The maximum absolute atomic E-state index is 10.6. The predicted octanol–water partition coefficient (Wildman–Crippen LogP) is 8.41. The molecule has 0 aliphatic heterocycles. The molecule has 0 bridgehead atoms. The molecule has 5 nitrogen and oxygen atoms in total. The molecule has 3 rings (SSSR count). The smallest absolute Gasteiger partial charge is 0.303 e. The van der Waals surface area contributed by atoms with Crippen LogP contribution in [0.5, 0.6) is 0 Å². The summed E-state index contributed by atoms with van der Waals surface area (Å²) in [6.07, 6.45) is -0.0823. The molecule has 3 atom stereocenters. The highest BCUT2D eigenvalue weighted by Gasteiger charge is 2.06. The predicted molar refractivity (Wildman–Crippen MR) is 163 cm³/mol. The van der Waals surface area contributed by atoms with Crippen LogP contribution in [-0.4, -0.2) is 28.4 Å². The highest BCUT2D eigenvalue weighted by molar-refractivity contribution is 5.66. The lowest BCUT2D eigenvalue weighted by Crippen LogP contribution is -2.09. The Kier molecular flexibility index (Phi) is 23.2. The van der Waals surface area contributed by atoms with E-state index in [4.69, 9.17) is 19.7 Å². The van der Waals surface area contributed by atoms with Gasteiger partial charge >= 0.3 is 5.97 Å². The van der Waals surface area contributed by atoms with E-state index in [-0.39, 0.29) is 24.3 Å². The second kappa shape index (κ2) is 23.8. The van der Waals surface area contributed by atoms with Gasteiger partial charge in [-0.3, -0.25) is 4.79 Å². The standard InChI is InChI=1S/C10H12O2.2C8H10O.C6H14O.C2H4/c1-8(12-9(2)11)10-6-4-3-5-7-10;2*1-7(9)8-5-3-2-4-6-8;1-5(2)7-6(3)4;1-2/h3-8H,1-2H3;2*2-7,9H,1H3;5-6H,1-4H3;1-2H2/t8-;7-;;;/m10.../s1. The lowest BCUT2D eigenvalue weighted by Gasteiger charge is -2.11.